The molecular formula is C15H17ClN2O2S. The van der Waals surface area contributed by atoms with E-state index in [9.17, 15) is 8.42 Å². The van der Waals surface area contributed by atoms with Gasteiger partial charge in [0.25, 0.3) is 10.0 Å². The van der Waals surface area contributed by atoms with Crippen LogP contribution in [0.4, 0.5) is 5.69 Å². The van der Waals surface area contributed by atoms with E-state index in [1.54, 1.807) is 0 Å². The van der Waals surface area contributed by atoms with Crippen LogP contribution in [0.5, 0.6) is 0 Å². The molecule has 0 aliphatic heterocycles. The van der Waals surface area contributed by atoms with E-state index < -0.39 is 10.0 Å². The Balaban J connectivity index is 2.49. The lowest BCUT2D eigenvalue weighted by atomic mass is 10.0. The molecule has 1 N–H and O–H groups in total. The molecule has 112 valence electrons. The molecule has 0 amide bonds. The highest BCUT2D eigenvalue weighted by Crippen LogP contribution is 2.27. The van der Waals surface area contributed by atoms with E-state index in [0.717, 1.165) is 24.0 Å². The summed E-state index contributed by atoms with van der Waals surface area (Å²) in [5.41, 5.74) is 2.55. The van der Waals surface area contributed by atoms with Gasteiger partial charge in [-0.25, -0.2) is 8.42 Å². The molecule has 0 saturated heterocycles. The maximum absolute atomic E-state index is 12.5. The average molecular weight is 325 g/mol. The number of anilines is 1. The van der Waals surface area contributed by atoms with E-state index >= 15 is 0 Å². The third kappa shape index (κ3) is 3.36. The lowest BCUT2D eigenvalue weighted by Gasteiger charge is -2.16. The van der Waals surface area contributed by atoms with Crippen molar-refractivity contribution < 1.29 is 8.42 Å². The van der Waals surface area contributed by atoms with Gasteiger partial charge in [-0.15, -0.1) is 0 Å². The number of pyridine rings is 1. The number of hydrogen-bond donors (Lipinski definition) is 1. The standard InChI is InChI=1S/C15H17ClN2O2S/c1-3-11-6-5-7-12(4-2)15(11)18-21(19,20)14-10-17-9-8-13(14)16/h5-10,18H,3-4H2,1-2H3. The number of para-hydroxylation sites is 1. The first-order valence-electron chi connectivity index (χ1n) is 6.72. The smallest absolute Gasteiger partial charge is 0.264 e. The largest absolute Gasteiger partial charge is 0.279 e. The summed E-state index contributed by atoms with van der Waals surface area (Å²) in [7, 11) is -3.75. The second-order valence-corrected chi connectivity index (χ2v) is 6.63. The van der Waals surface area contributed by atoms with Gasteiger partial charge in [-0.2, -0.15) is 0 Å². The molecule has 4 nitrogen and oxygen atoms in total. The van der Waals surface area contributed by atoms with Crippen LogP contribution in [0.25, 0.3) is 0 Å². The summed E-state index contributed by atoms with van der Waals surface area (Å²) in [6, 6.07) is 7.23. The molecule has 0 atom stereocenters. The van der Waals surface area contributed by atoms with E-state index in [1.165, 1.54) is 18.5 Å². The summed E-state index contributed by atoms with van der Waals surface area (Å²) in [6.45, 7) is 3.98. The molecule has 0 spiro atoms. The van der Waals surface area contributed by atoms with Crippen LogP contribution in [0.2, 0.25) is 5.02 Å². The maximum Gasteiger partial charge on any atom is 0.264 e. The van der Waals surface area contributed by atoms with E-state index in [0.29, 0.717) is 5.69 Å². The first-order chi connectivity index (χ1) is 9.99. The van der Waals surface area contributed by atoms with Gasteiger partial charge in [0, 0.05) is 12.4 Å². The van der Waals surface area contributed by atoms with Crippen LogP contribution in [0.1, 0.15) is 25.0 Å². The van der Waals surface area contributed by atoms with Crippen LogP contribution >= 0.6 is 11.6 Å². The molecule has 0 fully saturated rings. The van der Waals surface area contributed by atoms with Gasteiger partial charge >= 0.3 is 0 Å². The molecule has 0 aliphatic rings. The van der Waals surface area contributed by atoms with Crippen molar-refractivity contribution >= 4 is 27.3 Å². The van der Waals surface area contributed by atoms with Crippen molar-refractivity contribution in [2.45, 2.75) is 31.6 Å². The average Bonchev–Trinajstić information content (AvgIpc) is 2.47. The van der Waals surface area contributed by atoms with Crippen molar-refractivity contribution in [2.24, 2.45) is 0 Å². The zero-order valence-corrected chi connectivity index (χ0v) is 13.5. The number of nitrogens with one attached hydrogen (secondary N) is 1. The minimum absolute atomic E-state index is 0.0142. The topological polar surface area (TPSA) is 59.1 Å². The molecule has 2 rings (SSSR count). The minimum atomic E-state index is -3.75. The number of rotatable bonds is 5. The zero-order chi connectivity index (χ0) is 15.5. The van der Waals surface area contributed by atoms with Crippen LogP contribution < -0.4 is 4.72 Å². The maximum atomic E-state index is 12.5. The molecule has 0 saturated carbocycles. The number of aromatic nitrogens is 1. The molecule has 1 heterocycles. The highest BCUT2D eigenvalue weighted by molar-refractivity contribution is 7.92. The highest BCUT2D eigenvalue weighted by atomic mass is 35.5. The molecule has 6 heteroatoms. The predicted octanol–water partition coefficient (Wildman–Crippen LogP) is 3.66. The Hall–Kier alpha value is -1.59. The monoisotopic (exact) mass is 324 g/mol. The predicted molar refractivity (Wildman–Crippen MR) is 85.3 cm³/mol. The summed E-state index contributed by atoms with van der Waals surface area (Å²) in [6.07, 6.45) is 4.20. The minimum Gasteiger partial charge on any atom is -0.279 e. The summed E-state index contributed by atoms with van der Waals surface area (Å²) >= 11 is 5.96. The van der Waals surface area contributed by atoms with Crippen molar-refractivity contribution in [1.82, 2.24) is 4.98 Å². The Bertz CT molecular complexity index is 723. The Morgan fingerprint density at radius 3 is 2.29 bits per heavy atom. The quantitative estimate of drug-likeness (QED) is 0.913. The van der Waals surface area contributed by atoms with E-state index in [1.807, 2.05) is 32.0 Å². The fourth-order valence-electron chi connectivity index (χ4n) is 2.12. The summed E-state index contributed by atoms with van der Waals surface area (Å²) in [4.78, 5) is 3.82. The third-order valence-electron chi connectivity index (χ3n) is 3.26. The van der Waals surface area contributed by atoms with Gasteiger partial charge in [0.05, 0.1) is 10.7 Å². The molecule has 0 aliphatic carbocycles. The second kappa shape index (κ2) is 6.45. The van der Waals surface area contributed by atoms with Gasteiger partial charge < -0.3 is 0 Å². The first kappa shape index (κ1) is 15.8. The molecule has 1 aromatic carbocycles. The van der Waals surface area contributed by atoms with E-state index in [-0.39, 0.29) is 9.92 Å². The van der Waals surface area contributed by atoms with Crippen LogP contribution in [0.15, 0.2) is 41.6 Å². The van der Waals surface area contributed by atoms with Crippen LogP contribution in [-0.4, -0.2) is 13.4 Å². The lowest BCUT2D eigenvalue weighted by molar-refractivity contribution is 0.600. The van der Waals surface area contributed by atoms with Gasteiger partial charge in [0.15, 0.2) is 0 Å². The number of hydrogen-bond acceptors (Lipinski definition) is 3. The fourth-order valence-corrected chi connectivity index (χ4v) is 3.70. The van der Waals surface area contributed by atoms with Crippen molar-refractivity contribution in [1.29, 1.82) is 0 Å². The lowest BCUT2D eigenvalue weighted by Crippen LogP contribution is -2.16. The summed E-state index contributed by atoms with van der Waals surface area (Å²) in [5.74, 6) is 0. The van der Waals surface area contributed by atoms with Gasteiger partial charge in [0.1, 0.15) is 4.90 Å². The van der Waals surface area contributed by atoms with Crippen LogP contribution in [0, 0.1) is 0 Å². The first-order valence-corrected chi connectivity index (χ1v) is 8.58. The summed E-state index contributed by atoms with van der Waals surface area (Å²) < 4.78 is 27.7. The van der Waals surface area contributed by atoms with Crippen molar-refractivity contribution in [3.05, 3.63) is 52.8 Å². The molecule has 0 bridgehead atoms. The van der Waals surface area contributed by atoms with Gasteiger partial charge in [-0.3, -0.25) is 9.71 Å². The van der Waals surface area contributed by atoms with Crippen LogP contribution in [0.3, 0.4) is 0 Å². The Morgan fingerprint density at radius 2 is 1.76 bits per heavy atom. The molecule has 0 unspecified atom stereocenters. The second-order valence-electron chi connectivity index (χ2n) is 4.57. The SMILES string of the molecule is CCc1cccc(CC)c1NS(=O)(=O)c1cnccc1Cl. The fraction of sp³-hybridized carbons (Fsp3) is 0.267. The van der Waals surface area contributed by atoms with E-state index in [2.05, 4.69) is 9.71 Å². The Morgan fingerprint density at radius 1 is 1.14 bits per heavy atom. The number of benzene rings is 1. The Labute approximate surface area is 130 Å². The third-order valence-corrected chi connectivity index (χ3v) is 5.08. The summed E-state index contributed by atoms with van der Waals surface area (Å²) in [5, 5.41) is 0.157. The molecule has 0 radical (unpaired) electrons. The van der Waals surface area contributed by atoms with E-state index in [4.69, 9.17) is 11.6 Å². The number of aryl methyl sites for hydroxylation is 2. The number of sulfonamides is 1. The van der Waals surface area contributed by atoms with Crippen molar-refractivity contribution in [3.8, 4) is 0 Å². The van der Waals surface area contributed by atoms with Gasteiger partial charge in [-0.1, -0.05) is 43.6 Å². The Kier molecular flexibility index (Phi) is 4.85. The van der Waals surface area contributed by atoms with Crippen molar-refractivity contribution in [3.63, 3.8) is 0 Å². The van der Waals surface area contributed by atoms with Gasteiger partial charge in [-0.05, 0) is 30.0 Å². The molecular weight excluding hydrogens is 308 g/mol. The molecule has 2 aromatic rings. The van der Waals surface area contributed by atoms with Crippen LogP contribution in [-0.2, 0) is 22.9 Å². The molecule has 1 aromatic heterocycles. The molecule has 21 heavy (non-hydrogen) atoms. The number of nitrogens with zero attached hydrogens (tertiary/aromatic N) is 1. The normalized spacial score (nSPS) is 11.4. The van der Waals surface area contributed by atoms with Crippen molar-refractivity contribution in [2.75, 3.05) is 4.72 Å². The highest BCUT2D eigenvalue weighted by Gasteiger charge is 2.20. The van der Waals surface area contributed by atoms with Gasteiger partial charge in [0.2, 0.25) is 0 Å². The zero-order valence-electron chi connectivity index (χ0n) is 11.9. The number of halogens is 1.